The predicted octanol–water partition coefficient (Wildman–Crippen LogP) is 2.13. The molecule has 0 amide bonds. The molecule has 1 aliphatic carbocycles. The van der Waals surface area contributed by atoms with Crippen LogP contribution < -0.4 is 10.1 Å². The van der Waals surface area contributed by atoms with Crippen LogP contribution in [-0.2, 0) is 6.42 Å². The van der Waals surface area contributed by atoms with Gasteiger partial charge in [0, 0.05) is 0 Å². The topological polar surface area (TPSA) is 21.3 Å². The van der Waals surface area contributed by atoms with Crippen molar-refractivity contribution in [1.29, 1.82) is 0 Å². The highest BCUT2D eigenvalue weighted by Gasteiger charge is 2.24. The summed E-state index contributed by atoms with van der Waals surface area (Å²) in [6.07, 6.45) is 3.42. The van der Waals surface area contributed by atoms with Crippen LogP contribution in [0.15, 0.2) is 18.2 Å². The molecule has 3 heteroatoms. The number of ether oxygens (including phenoxy) is 1. The van der Waals surface area contributed by atoms with Gasteiger partial charge in [-0.15, -0.1) is 0 Å². The Bertz CT molecular complexity index is 336. The predicted molar refractivity (Wildman–Crippen MR) is 57.7 cm³/mol. The minimum absolute atomic E-state index is 0.191. The molecular formula is C12H16FNO. The third-order valence-corrected chi connectivity index (χ3v) is 2.48. The zero-order chi connectivity index (χ0) is 10.7. The number of rotatable bonds is 5. The average molecular weight is 209 g/mol. The Hall–Kier alpha value is -1.09. The molecule has 0 radical (unpaired) electrons. The Morgan fingerprint density at radius 3 is 2.93 bits per heavy atom. The molecule has 0 aromatic heterocycles. The third-order valence-electron chi connectivity index (χ3n) is 2.48. The number of hydrogen-bond acceptors (Lipinski definition) is 2. The Morgan fingerprint density at radius 2 is 2.27 bits per heavy atom. The summed E-state index contributed by atoms with van der Waals surface area (Å²) >= 11 is 0. The summed E-state index contributed by atoms with van der Waals surface area (Å²) in [4.78, 5) is 0. The molecular weight excluding hydrogens is 193 g/mol. The van der Waals surface area contributed by atoms with Crippen LogP contribution in [0.1, 0.15) is 18.4 Å². The van der Waals surface area contributed by atoms with E-state index in [1.54, 1.807) is 12.1 Å². The molecule has 15 heavy (non-hydrogen) atoms. The third kappa shape index (κ3) is 2.93. The minimum Gasteiger partial charge on any atom is -0.490 e. The summed E-state index contributed by atoms with van der Waals surface area (Å²) in [6.45, 7) is 0.838. The number of nitrogens with one attached hydrogen (secondary N) is 1. The molecule has 1 N–H and O–H groups in total. The van der Waals surface area contributed by atoms with Gasteiger partial charge in [-0.3, -0.25) is 0 Å². The fourth-order valence-corrected chi connectivity index (χ4v) is 1.48. The van der Waals surface area contributed by atoms with Gasteiger partial charge in [-0.1, -0.05) is 0 Å². The number of halogens is 1. The lowest BCUT2D eigenvalue weighted by Gasteiger charge is -2.10. The highest BCUT2D eigenvalue weighted by molar-refractivity contribution is 5.34. The quantitative estimate of drug-likeness (QED) is 0.802. The van der Waals surface area contributed by atoms with Crippen LogP contribution >= 0.6 is 0 Å². The molecule has 0 bridgehead atoms. The fraction of sp³-hybridized carbons (Fsp3) is 0.500. The van der Waals surface area contributed by atoms with Crippen LogP contribution in [0.5, 0.6) is 5.75 Å². The first kappa shape index (κ1) is 10.4. The minimum atomic E-state index is -0.191. The SMILES string of the molecule is CNCCc1cc(F)ccc1OC1CC1. The van der Waals surface area contributed by atoms with E-state index in [0.29, 0.717) is 6.10 Å². The van der Waals surface area contributed by atoms with E-state index >= 15 is 0 Å². The van der Waals surface area contributed by atoms with Gasteiger partial charge in [-0.25, -0.2) is 4.39 Å². The van der Waals surface area contributed by atoms with Crippen molar-refractivity contribution in [3.8, 4) is 5.75 Å². The maximum absolute atomic E-state index is 13.1. The highest BCUT2D eigenvalue weighted by Crippen LogP contribution is 2.29. The molecule has 0 atom stereocenters. The summed E-state index contributed by atoms with van der Waals surface area (Å²) < 4.78 is 18.8. The fourth-order valence-electron chi connectivity index (χ4n) is 1.48. The van der Waals surface area contributed by atoms with E-state index < -0.39 is 0 Å². The van der Waals surface area contributed by atoms with Crippen LogP contribution in [0, 0.1) is 5.82 Å². The van der Waals surface area contributed by atoms with Gasteiger partial charge in [0.15, 0.2) is 0 Å². The van der Waals surface area contributed by atoms with Crippen molar-refractivity contribution < 1.29 is 9.13 Å². The van der Waals surface area contributed by atoms with Crippen molar-refractivity contribution in [2.75, 3.05) is 13.6 Å². The van der Waals surface area contributed by atoms with E-state index in [1.807, 2.05) is 7.05 Å². The van der Waals surface area contributed by atoms with Crippen LogP contribution in [0.2, 0.25) is 0 Å². The molecule has 82 valence electrons. The molecule has 0 aliphatic heterocycles. The molecule has 1 aromatic carbocycles. The molecule has 0 saturated heterocycles. The van der Waals surface area contributed by atoms with Crippen molar-refractivity contribution in [1.82, 2.24) is 5.32 Å². The molecule has 1 saturated carbocycles. The molecule has 1 fully saturated rings. The first-order chi connectivity index (χ1) is 7.29. The van der Waals surface area contributed by atoms with Crippen molar-refractivity contribution in [2.24, 2.45) is 0 Å². The normalized spacial score (nSPS) is 15.3. The van der Waals surface area contributed by atoms with Crippen molar-refractivity contribution in [3.63, 3.8) is 0 Å². The van der Waals surface area contributed by atoms with Gasteiger partial charge < -0.3 is 10.1 Å². The molecule has 1 aliphatic rings. The summed E-state index contributed by atoms with van der Waals surface area (Å²) in [5.74, 6) is 0.651. The lowest BCUT2D eigenvalue weighted by atomic mass is 10.1. The summed E-state index contributed by atoms with van der Waals surface area (Å²) in [6, 6.07) is 4.76. The van der Waals surface area contributed by atoms with E-state index in [2.05, 4.69) is 5.32 Å². The Balaban J connectivity index is 2.10. The van der Waals surface area contributed by atoms with Gasteiger partial charge >= 0.3 is 0 Å². The van der Waals surface area contributed by atoms with E-state index in [1.165, 1.54) is 6.07 Å². The Morgan fingerprint density at radius 1 is 1.47 bits per heavy atom. The highest BCUT2D eigenvalue weighted by atomic mass is 19.1. The molecule has 1 aromatic rings. The first-order valence-corrected chi connectivity index (χ1v) is 5.39. The van der Waals surface area contributed by atoms with Crippen LogP contribution in [0.25, 0.3) is 0 Å². The number of benzene rings is 1. The zero-order valence-corrected chi connectivity index (χ0v) is 8.92. The van der Waals surface area contributed by atoms with Gasteiger partial charge in [-0.2, -0.15) is 0 Å². The van der Waals surface area contributed by atoms with Crippen molar-refractivity contribution >= 4 is 0 Å². The van der Waals surface area contributed by atoms with Gasteiger partial charge in [0.2, 0.25) is 0 Å². The maximum atomic E-state index is 13.1. The second kappa shape index (κ2) is 4.62. The van der Waals surface area contributed by atoms with E-state index in [-0.39, 0.29) is 5.82 Å². The second-order valence-electron chi connectivity index (χ2n) is 3.92. The maximum Gasteiger partial charge on any atom is 0.123 e. The lowest BCUT2D eigenvalue weighted by molar-refractivity contribution is 0.299. The van der Waals surface area contributed by atoms with Gasteiger partial charge in [0.1, 0.15) is 11.6 Å². The standard InChI is InChI=1S/C12H16FNO/c1-14-7-6-9-8-10(13)2-5-12(9)15-11-3-4-11/h2,5,8,11,14H,3-4,6-7H2,1H3. The number of hydrogen-bond donors (Lipinski definition) is 1. The molecule has 0 heterocycles. The van der Waals surface area contributed by atoms with Crippen LogP contribution in [-0.4, -0.2) is 19.7 Å². The van der Waals surface area contributed by atoms with Crippen molar-refractivity contribution in [3.05, 3.63) is 29.6 Å². The second-order valence-corrected chi connectivity index (χ2v) is 3.92. The van der Waals surface area contributed by atoms with Gasteiger partial charge in [-0.05, 0) is 56.6 Å². The van der Waals surface area contributed by atoms with E-state index in [4.69, 9.17) is 4.74 Å². The zero-order valence-electron chi connectivity index (χ0n) is 8.92. The lowest BCUT2D eigenvalue weighted by Crippen LogP contribution is -2.11. The summed E-state index contributed by atoms with van der Waals surface area (Å²) in [5, 5.41) is 3.05. The van der Waals surface area contributed by atoms with Crippen molar-refractivity contribution in [2.45, 2.75) is 25.4 Å². The van der Waals surface area contributed by atoms with Gasteiger partial charge in [0.25, 0.3) is 0 Å². The first-order valence-electron chi connectivity index (χ1n) is 5.39. The van der Waals surface area contributed by atoms with E-state index in [0.717, 1.165) is 37.1 Å². The average Bonchev–Trinajstić information content (AvgIpc) is 3.02. The smallest absolute Gasteiger partial charge is 0.123 e. The van der Waals surface area contributed by atoms with Crippen LogP contribution in [0.3, 0.4) is 0 Å². The Kier molecular flexibility index (Phi) is 3.21. The summed E-state index contributed by atoms with van der Waals surface area (Å²) in [5.41, 5.74) is 0.955. The number of likely N-dealkylation sites (N-methyl/N-ethyl adjacent to an activating group) is 1. The largest absolute Gasteiger partial charge is 0.490 e. The Labute approximate surface area is 89.4 Å². The molecule has 0 unspecified atom stereocenters. The summed E-state index contributed by atoms with van der Waals surface area (Å²) in [7, 11) is 1.89. The molecule has 2 nitrogen and oxygen atoms in total. The molecule has 0 spiro atoms. The molecule has 2 rings (SSSR count). The van der Waals surface area contributed by atoms with Gasteiger partial charge in [0.05, 0.1) is 6.10 Å². The monoisotopic (exact) mass is 209 g/mol. The van der Waals surface area contributed by atoms with Crippen LogP contribution in [0.4, 0.5) is 4.39 Å². The van der Waals surface area contributed by atoms with E-state index in [9.17, 15) is 4.39 Å².